The van der Waals surface area contributed by atoms with Crippen LogP contribution < -0.4 is 5.32 Å². The van der Waals surface area contributed by atoms with E-state index in [-0.39, 0.29) is 0 Å². The molecule has 0 bridgehead atoms. The molecule has 0 radical (unpaired) electrons. The van der Waals surface area contributed by atoms with Gasteiger partial charge in [0.1, 0.15) is 0 Å². The van der Waals surface area contributed by atoms with Crippen LogP contribution in [0.1, 0.15) is 53.9 Å². The number of piperazine rings is 1. The Kier molecular flexibility index (Phi) is 3.89. The zero-order valence-electron chi connectivity index (χ0n) is 12.8. The van der Waals surface area contributed by atoms with Crippen LogP contribution in [0.4, 0.5) is 0 Å². The molecule has 18 heavy (non-hydrogen) atoms. The predicted molar refractivity (Wildman–Crippen MR) is 78.8 cm³/mol. The summed E-state index contributed by atoms with van der Waals surface area (Å²) in [4.78, 5) is 2.73. The zero-order chi connectivity index (χ0) is 13.4. The lowest BCUT2D eigenvalue weighted by molar-refractivity contribution is 0.0144. The molecule has 2 heteroatoms. The van der Waals surface area contributed by atoms with Gasteiger partial charge in [0, 0.05) is 30.7 Å². The highest BCUT2D eigenvalue weighted by Gasteiger charge is 2.49. The third kappa shape index (κ3) is 2.80. The van der Waals surface area contributed by atoms with E-state index >= 15 is 0 Å². The normalized spacial score (nSPS) is 37.6. The van der Waals surface area contributed by atoms with E-state index in [0.29, 0.717) is 11.1 Å². The van der Waals surface area contributed by atoms with Crippen LogP contribution in [0, 0.1) is 5.92 Å². The maximum absolute atomic E-state index is 3.81. The third-order valence-electron chi connectivity index (χ3n) is 5.09. The zero-order valence-corrected chi connectivity index (χ0v) is 12.8. The van der Waals surface area contributed by atoms with E-state index in [2.05, 4.69) is 50.9 Å². The first kappa shape index (κ1) is 14.1. The molecule has 0 spiro atoms. The van der Waals surface area contributed by atoms with Crippen molar-refractivity contribution in [3.63, 3.8) is 0 Å². The van der Waals surface area contributed by atoms with Gasteiger partial charge >= 0.3 is 0 Å². The lowest BCUT2D eigenvalue weighted by atomic mass is 9.84. The summed E-state index contributed by atoms with van der Waals surface area (Å²) in [6.45, 7) is 15.0. The highest BCUT2D eigenvalue weighted by atomic mass is 15.3. The van der Waals surface area contributed by atoms with E-state index in [1.165, 1.54) is 31.4 Å². The fraction of sp³-hybridized carbons (Fsp3) is 0.875. The summed E-state index contributed by atoms with van der Waals surface area (Å²) in [5, 5.41) is 3.81. The van der Waals surface area contributed by atoms with Gasteiger partial charge in [-0.2, -0.15) is 0 Å². The molecule has 0 aromatic rings. The van der Waals surface area contributed by atoms with Gasteiger partial charge in [0.05, 0.1) is 0 Å². The molecule has 1 aliphatic carbocycles. The molecule has 1 N–H and O–H groups in total. The monoisotopic (exact) mass is 250 g/mol. The first-order valence-corrected chi connectivity index (χ1v) is 7.53. The molecule has 0 aromatic carbocycles. The Labute approximate surface area is 113 Å². The first-order valence-electron chi connectivity index (χ1n) is 7.53. The minimum absolute atomic E-state index is 0.296. The topological polar surface area (TPSA) is 15.3 Å². The smallest absolute Gasteiger partial charge is 0.0338 e. The number of hydrogen-bond acceptors (Lipinski definition) is 2. The minimum atomic E-state index is 0.296. The standard InChI is InChI=1S/C16H30N2/c1-6-15(4)12-18(10-9-13(2)3)16(5,11-17-15)14-7-8-14/h9,14,17H,6-8,10-12H2,1-5H3. The second-order valence-corrected chi connectivity index (χ2v) is 7.06. The molecule has 2 aliphatic rings. The second-order valence-electron chi connectivity index (χ2n) is 7.06. The van der Waals surface area contributed by atoms with E-state index in [1.54, 1.807) is 0 Å². The van der Waals surface area contributed by atoms with Gasteiger partial charge in [-0.05, 0) is 52.9 Å². The quantitative estimate of drug-likeness (QED) is 0.771. The molecule has 1 saturated carbocycles. The Morgan fingerprint density at radius 1 is 1.33 bits per heavy atom. The van der Waals surface area contributed by atoms with E-state index in [1.807, 2.05) is 0 Å². The van der Waals surface area contributed by atoms with Crippen LogP contribution in [-0.4, -0.2) is 35.6 Å². The Morgan fingerprint density at radius 3 is 2.50 bits per heavy atom. The van der Waals surface area contributed by atoms with Crippen molar-refractivity contribution in [2.45, 2.75) is 65.0 Å². The van der Waals surface area contributed by atoms with Gasteiger partial charge in [-0.1, -0.05) is 18.6 Å². The second kappa shape index (κ2) is 4.97. The van der Waals surface area contributed by atoms with E-state index in [9.17, 15) is 0 Å². The first-order chi connectivity index (χ1) is 8.39. The number of nitrogens with one attached hydrogen (secondary N) is 1. The lowest BCUT2D eigenvalue weighted by Crippen LogP contribution is -2.68. The molecular weight excluding hydrogens is 220 g/mol. The fourth-order valence-corrected chi connectivity index (χ4v) is 3.07. The average molecular weight is 250 g/mol. The van der Waals surface area contributed by atoms with Crippen LogP contribution in [0.5, 0.6) is 0 Å². The van der Waals surface area contributed by atoms with Crippen molar-refractivity contribution >= 4 is 0 Å². The van der Waals surface area contributed by atoms with Gasteiger partial charge in [0.15, 0.2) is 0 Å². The molecule has 2 nitrogen and oxygen atoms in total. The summed E-state index contributed by atoms with van der Waals surface area (Å²) in [5.41, 5.74) is 2.11. The number of allylic oxidation sites excluding steroid dienone is 1. The van der Waals surface area contributed by atoms with Gasteiger partial charge in [-0.3, -0.25) is 4.90 Å². The van der Waals surface area contributed by atoms with Gasteiger partial charge in [0.25, 0.3) is 0 Å². The van der Waals surface area contributed by atoms with E-state index in [4.69, 9.17) is 0 Å². The van der Waals surface area contributed by atoms with Gasteiger partial charge in [-0.25, -0.2) is 0 Å². The average Bonchev–Trinajstić information content (AvgIpc) is 3.15. The van der Waals surface area contributed by atoms with Crippen molar-refractivity contribution in [1.82, 2.24) is 10.2 Å². The van der Waals surface area contributed by atoms with Crippen molar-refractivity contribution < 1.29 is 0 Å². The summed E-state index contributed by atoms with van der Waals surface area (Å²) in [6, 6.07) is 0. The Hall–Kier alpha value is -0.340. The largest absolute Gasteiger partial charge is 0.308 e. The number of rotatable bonds is 4. The Morgan fingerprint density at radius 2 is 2.00 bits per heavy atom. The highest BCUT2D eigenvalue weighted by Crippen LogP contribution is 2.45. The molecule has 1 heterocycles. The third-order valence-corrected chi connectivity index (χ3v) is 5.09. The van der Waals surface area contributed by atoms with Crippen LogP contribution in [0.25, 0.3) is 0 Å². The van der Waals surface area contributed by atoms with Crippen molar-refractivity contribution in [2.24, 2.45) is 5.92 Å². The van der Waals surface area contributed by atoms with Gasteiger partial charge in [-0.15, -0.1) is 0 Å². The molecule has 1 saturated heterocycles. The molecule has 104 valence electrons. The molecular formula is C16H30N2. The molecule has 0 aromatic heterocycles. The van der Waals surface area contributed by atoms with Crippen LogP contribution in [0.2, 0.25) is 0 Å². The Bertz CT molecular complexity index is 328. The van der Waals surface area contributed by atoms with E-state index in [0.717, 1.165) is 19.0 Å². The van der Waals surface area contributed by atoms with Crippen LogP contribution in [-0.2, 0) is 0 Å². The lowest BCUT2D eigenvalue weighted by Gasteiger charge is -2.52. The number of nitrogens with zero attached hydrogens (tertiary/aromatic N) is 1. The number of hydrogen-bond donors (Lipinski definition) is 1. The molecule has 2 unspecified atom stereocenters. The summed E-state index contributed by atoms with van der Waals surface area (Å²) in [5.74, 6) is 0.914. The van der Waals surface area contributed by atoms with E-state index < -0.39 is 0 Å². The van der Waals surface area contributed by atoms with Crippen molar-refractivity contribution in [3.05, 3.63) is 11.6 Å². The minimum Gasteiger partial charge on any atom is -0.308 e. The molecule has 2 atom stereocenters. The summed E-state index contributed by atoms with van der Waals surface area (Å²) >= 11 is 0. The van der Waals surface area contributed by atoms with Crippen molar-refractivity contribution in [1.29, 1.82) is 0 Å². The van der Waals surface area contributed by atoms with Crippen LogP contribution in [0.3, 0.4) is 0 Å². The van der Waals surface area contributed by atoms with Gasteiger partial charge < -0.3 is 5.32 Å². The van der Waals surface area contributed by atoms with Crippen molar-refractivity contribution in [3.8, 4) is 0 Å². The maximum Gasteiger partial charge on any atom is 0.0338 e. The summed E-state index contributed by atoms with van der Waals surface area (Å²) < 4.78 is 0. The molecule has 0 amide bonds. The highest BCUT2D eigenvalue weighted by molar-refractivity contribution is 5.10. The van der Waals surface area contributed by atoms with Crippen molar-refractivity contribution in [2.75, 3.05) is 19.6 Å². The molecule has 2 fully saturated rings. The SMILES string of the molecule is CCC1(C)CN(CC=C(C)C)C(C)(C2CC2)CN1. The fourth-order valence-electron chi connectivity index (χ4n) is 3.07. The molecule has 2 rings (SSSR count). The Balaban J connectivity index is 2.13. The summed E-state index contributed by atoms with van der Waals surface area (Å²) in [6.07, 6.45) is 6.44. The van der Waals surface area contributed by atoms with Crippen LogP contribution in [0.15, 0.2) is 11.6 Å². The van der Waals surface area contributed by atoms with Crippen LogP contribution >= 0.6 is 0 Å². The predicted octanol–water partition coefficient (Wildman–Crippen LogP) is 3.20. The maximum atomic E-state index is 3.81. The van der Waals surface area contributed by atoms with Gasteiger partial charge in [0.2, 0.25) is 0 Å². The molecule has 1 aliphatic heterocycles. The summed E-state index contributed by atoms with van der Waals surface area (Å²) in [7, 11) is 0.